The summed E-state index contributed by atoms with van der Waals surface area (Å²) in [5, 5.41) is 1.22. The van der Waals surface area contributed by atoms with Crippen molar-refractivity contribution < 1.29 is 0 Å². The number of fused-ring (bicyclic) bond motifs is 1. The van der Waals surface area contributed by atoms with Crippen molar-refractivity contribution in [3.05, 3.63) is 34.9 Å². The summed E-state index contributed by atoms with van der Waals surface area (Å²) in [6.07, 6.45) is 1.98. The number of anilines is 1. The summed E-state index contributed by atoms with van der Waals surface area (Å²) < 4.78 is 0. The number of rotatable bonds is 4. The molecule has 0 aliphatic rings. The van der Waals surface area contributed by atoms with E-state index in [1.54, 1.807) is 0 Å². The number of nitrogens with two attached hydrogens (primary N) is 1. The molecule has 19 heavy (non-hydrogen) atoms. The topological polar surface area (TPSA) is 42.1 Å². The van der Waals surface area contributed by atoms with Gasteiger partial charge in [-0.15, -0.1) is 0 Å². The molecule has 0 aliphatic heterocycles. The second-order valence-corrected chi connectivity index (χ2v) is 5.34. The van der Waals surface area contributed by atoms with Gasteiger partial charge in [-0.1, -0.05) is 12.1 Å². The van der Waals surface area contributed by atoms with Crippen molar-refractivity contribution in [2.24, 2.45) is 5.73 Å². The van der Waals surface area contributed by atoms with Crippen molar-refractivity contribution >= 4 is 16.7 Å². The highest BCUT2D eigenvalue weighted by Gasteiger charge is 2.10. The fraction of sp³-hybridized carbons (Fsp3) is 0.438. The van der Waals surface area contributed by atoms with E-state index in [1.807, 2.05) is 14.1 Å². The fourth-order valence-electron chi connectivity index (χ4n) is 2.38. The van der Waals surface area contributed by atoms with Crippen LogP contribution in [0.15, 0.2) is 18.2 Å². The molecule has 0 fully saturated rings. The average molecular weight is 257 g/mol. The van der Waals surface area contributed by atoms with Crippen molar-refractivity contribution in [2.45, 2.75) is 26.7 Å². The first-order chi connectivity index (χ1) is 9.04. The summed E-state index contributed by atoms with van der Waals surface area (Å²) in [7, 11) is 4.09. The molecular formula is C16H23N3. The molecule has 0 spiro atoms. The molecule has 0 saturated carbocycles. The lowest BCUT2D eigenvalue weighted by Gasteiger charge is -2.18. The van der Waals surface area contributed by atoms with Crippen LogP contribution in [0.25, 0.3) is 10.9 Å². The smallest absolute Gasteiger partial charge is 0.131 e. The minimum Gasteiger partial charge on any atom is -0.362 e. The summed E-state index contributed by atoms with van der Waals surface area (Å²) in [5.74, 6) is 1.06. The predicted octanol–water partition coefficient (Wildman–Crippen LogP) is 2.81. The van der Waals surface area contributed by atoms with E-state index >= 15 is 0 Å². The Morgan fingerprint density at radius 1 is 1.21 bits per heavy atom. The summed E-state index contributed by atoms with van der Waals surface area (Å²) in [6.45, 7) is 5.00. The van der Waals surface area contributed by atoms with Crippen LogP contribution in [0.3, 0.4) is 0 Å². The van der Waals surface area contributed by atoms with Crippen LogP contribution in [0.2, 0.25) is 0 Å². The highest BCUT2D eigenvalue weighted by Crippen LogP contribution is 2.26. The number of aromatic nitrogens is 1. The molecule has 0 amide bonds. The molecule has 2 N–H and O–H groups in total. The Kier molecular flexibility index (Phi) is 4.05. The molecule has 1 aromatic carbocycles. The lowest BCUT2D eigenvalue weighted by atomic mass is 10.0. The van der Waals surface area contributed by atoms with Crippen molar-refractivity contribution in [1.82, 2.24) is 4.98 Å². The third kappa shape index (κ3) is 2.71. The molecule has 3 nitrogen and oxygen atoms in total. The molecule has 0 saturated heterocycles. The number of hydrogen-bond acceptors (Lipinski definition) is 3. The van der Waals surface area contributed by atoms with Gasteiger partial charge in [-0.3, -0.25) is 0 Å². The third-order valence-electron chi connectivity index (χ3n) is 3.64. The Morgan fingerprint density at radius 3 is 2.58 bits per heavy atom. The first kappa shape index (κ1) is 13.8. The van der Waals surface area contributed by atoms with Crippen LogP contribution in [-0.4, -0.2) is 25.6 Å². The molecule has 0 atom stereocenters. The molecular weight excluding hydrogens is 234 g/mol. The van der Waals surface area contributed by atoms with Crippen LogP contribution in [0.5, 0.6) is 0 Å². The molecule has 0 bridgehead atoms. The Hall–Kier alpha value is -1.61. The lowest BCUT2D eigenvalue weighted by molar-refractivity contribution is 0.826. The van der Waals surface area contributed by atoms with Gasteiger partial charge < -0.3 is 10.6 Å². The van der Waals surface area contributed by atoms with E-state index in [0.717, 1.165) is 30.7 Å². The van der Waals surface area contributed by atoms with Gasteiger partial charge in [-0.25, -0.2) is 4.98 Å². The maximum Gasteiger partial charge on any atom is 0.131 e. The zero-order chi connectivity index (χ0) is 14.0. The van der Waals surface area contributed by atoms with Gasteiger partial charge in [0.2, 0.25) is 0 Å². The maximum absolute atomic E-state index is 5.63. The average Bonchev–Trinajstić information content (AvgIpc) is 2.39. The second-order valence-electron chi connectivity index (χ2n) is 5.34. The summed E-state index contributed by atoms with van der Waals surface area (Å²) in [5.41, 5.74) is 10.6. The Bertz CT molecular complexity index is 588. The van der Waals surface area contributed by atoms with Crippen LogP contribution in [0.4, 0.5) is 5.82 Å². The van der Waals surface area contributed by atoms with E-state index in [-0.39, 0.29) is 0 Å². The summed E-state index contributed by atoms with van der Waals surface area (Å²) in [4.78, 5) is 6.96. The van der Waals surface area contributed by atoms with Gasteiger partial charge >= 0.3 is 0 Å². The van der Waals surface area contributed by atoms with Crippen LogP contribution < -0.4 is 10.6 Å². The third-order valence-corrected chi connectivity index (χ3v) is 3.64. The zero-order valence-corrected chi connectivity index (χ0v) is 12.3. The Balaban J connectivity index is 2.62. The normalized spacial score (nSPS) is 11.0. The first-order valence-corrected chi connectivity index (χ1v) is 6.82. The van der Waals surface area contributed by atoms with Gasteiger partial charge in [0.25, 0.3) is 0 Å². The molecule has 2 aromatic rings. The van der Waals surface area contributed by atoms with E-state index in [4.69, 9.17) is 10.7 Å². The minimum absolute atomic E-state index is 0.720. The van der Waals surface area contributed by atoms with E-state index in [9.17, 15) is 0 Å². The number of nitrogens with zero attached hydrogens (tertiary/aromatic N) is 2. The molecule has 1 aromatic heterocycles. The molecule has 3 heteroatoms. The van der Waals surface area contributed by atoms with Crippen molar-refractivity contribution in [3.63, 3.8) is 0 Å². The monoisotopic (exact) mass is 257 g/mol. The SMILES string of the molecule is Cc1ccc2cc(CCCN)c(N(C)C)nc2c1C. The molecule has 0 aliphatic carbocycles. The van der Waals surface area contributed by atoms with E-state index in [1.165, 1.54) is 22.1 Å². The van der Waals surface area contributed by atoms with Gasteiger partial charge in [0.15, 0.2) is 0 Å². The molecule has 2 rings (SSSR count). The largest absolute Gasteiger partial charge is 0.362 e. The van der Waals surface area contributed by atoms with Gasteiger partial charge in [0, 0.05) is 19.5 Å². The quantitative estimate of drug-likeness (QED) is 0.915. The van der Waals surface area contributed by atoms with Gasteiger partial charge in [-0.05, 0) is 56.0 Å². The highest BCUT2D eigenvalue weighted by atomic mass is 15.1. The number of benzene rings is 1. The summed E-state index contributed by atoms with van der Waals surface area (Å²) in [6, 6.07) is 6.59. The number of pyridine rings is 1. The number of hydrogen-bond donors (Lipinski definition) is 1. The van der Waals surface area contributed by atoms with Gasteiger partial charge in [0.1, 0.15) is 5.82 Å². The van der Waals surface area contributed by atoms with Crippen molar-refractivity contribution in [2.75, 3.05) is 25.5 Å². The lowest BCUT2D eigenvalue weighted by Crippen LogP contribution is -2.14. The second kappa shape index (κ2) is 5.57. The number of aryl methyl sites for hydroxylation is 3. The van der Waals surface area contributed by atoms with Crippen molar-refractivity contribution in [1.29, 1.82) is 0 Å². The minimum atomic E-state index is 0.720. The van der Waals surface area contributed by atoms with Crippen LogP contribution in [-0.2, 0) is 6.42 Å². The predicted molar refractivity (Wildman–Crippen MR) is 82.9 cm³/mol. The van der Waals surface area contributed by atoms with Crippen molar-refractivity contribution in [3.8, 4) is 0 Å². The zero-order valence-electron chi connectivity index (χ0n) is 12.3. The van der Waals surface area contributed by atoms with E-state index in [0.29, 0.717) is 0 Å². The molecule has 0 radical (unpaired) electrons. The standard InChI is InChI=1S/C16H23N3/c1-11-7-8-13-10-14(6-5-9-17)16(19(3)4)18-15(13)12(11)2/h7-8,10H,5-6,9,17H2,1-4H3. The maximum atomic E-state index is 5.63. The van der Waals surface area contributed by atoms with E-state index in [2.05, 4.69) is 36.9 Å². The Labute approximate surface area is 115 Å². The fourth-order valence-corrected chi connectivity index (χ4v) is 2.38. The molecule has 102 valence electrons. The highest BCUT2D eigenvalue weighted by molar-refractivity contribution is 5.85. The van der Waals surface area contributed by atoms with Gasteiger partial charge in [0.05, 0.1) is 5.52 Å². The van der Waals surface area contributed by atoms with E-state index < -0.39 is 0 Å². The van der Waals surface area contributed by atoms with Crippen LogP contribution >= 0.6 is 0 Å². The molecule has 1 heterocycles. The van der Waals surface area contributed by atoms with Crippen LogP contribution in [0.1, 0.15) is 23.1 Å². The van der Waals surface area contributed by atoms with Crippen LogP contribution in [0, 0.1) is 13.8 Å². The Morgan fingerprint density at radius 2 is 1.95 bits per heavy atom. The summed E-state index contributed by atoms with van der Waals surface area (Å²) >= 11 is 0. The molecule has 0 unspecified atom stereocenters. The first-order valence-electron chi connectivity index (χ1n) is 6.82. The van der Waals surface area contributed by atoms with Gasteiger partial charge in [-0.2, -0.15) is 0 Å².